The van der Waals surface area contributed by atoms with E-state index >= 15 is 0 Å². The molecule has 0 bridgehead atoms. The third-order valence-corrected chi connectivity index (χ3v) is 4.46. The van der Waals surface area contributed by atoms with Gasteiger partial charge in [0.1, 0.15) is 5.60 Å². The zero-order valence-electron chi connectivity index (χ0n) is 14.6. The van der Waals surface area contributed by atoms with Crippen LogP contribution in [0.15, 0.2) is 4.99 Å². The standard InChI is InChI=1S/C15H30N4O2S.HI/c1-15(2,3)21-14(20)18-9-6-8-17-13(16-4)19-11-12-7-5-10-22-12;/h12H,5-11H2,1-4H3,(H,18,20)(H2,16,17,19);1H. The normalized spacial score (nSPS) is 18.1. The molecule has 0 aliphatic carbocycles. The van der Waals surface area contributed by atoms with Crippen LogP contribution >= 0.6 is 35.7 Å². The highest BCUT2D eigenvalue weighted by atomic mass is 127. The number of rotatable bonds is 6. The van der Waals surface area contributed by atoms with Crippen molar-refractivity contribution in [3.63, 3.8) is 0 Å². The summed E-state index contributed by atoms with van der Waals surface area (Å²) in [5.41, 5.74) is -0.452. The molecule has 1 atom stereocenters. The molecule has 1 rings (SSSR count). The Labute approximate surface area is 161 Å². The first-order chi connectivity index (χ1) is 10.4. The molecule has 1 unspecified atom stereocenters. The number of thioether (sulfide) groups is 1. The highest BCUT2D eigenvalue weighted by Crippen LogP contribution is 2.25. The fourth-order valence-electron chi connectivity index (χ4n) is 2.04. The fourth-order valence-corrected chi connectivity index (χ4v) is 3.24. The molecule has 1 saturated heterocycles. The smallest absolute Gasteiger partial charge is 0.407 e. The Morgan fingerprint density at radius 3 is 2.52 bits per heavy atom. The minimum absolute atomic E-state index is 0. The van der Waals surface area contributed by atoms with Crippen molar-refractivity contribution < 1.29 is 9.53 Å². The number of amides is 1. The molecule has 3 N–H and O–H groups in total. The highest BCUT2D eigenvalue weighted by Gasteiger charge is 2.16. The van der Waals surface area contributed by atoms with Crippen LogP contribution < -0.4 is 16.0 Å². The number of hydrogen-bond donors (Lipinski definition) is 3. The molecule has 6 nitrogen and oxygen atoms in total. The van der Waals surface area contributed by atoms with Gasteiger partial charge >= 0.3 is 6.09 Å². The lowest BCUT2D eigenvalue weighted by Gasteiger charge is -2.19. The van der Waals surface area contributed by atoms with Crippen LogP contribution in [0.25, 0.3) is 0 Å². The van der Waals surface area contributed by atoms with E-state index in [1.54, 1.807) is 7.05 Å². The molecule has 0 aromatic rings. The average Bonchev–Trinajstić information content (AvgIpc) is 2.93. The summed E-state index contributed by atoms with van der Waals surface area (Å²) in [5.74, 6) is 2.10. The number of alkyl carbamates (subject to hydrolysis) is 1. The van der Waals surface area contributed by atoms with Crippen molar-refractivity contribution in [1.29, 1.82) is 0 Å². The van der Waals surface area contributed by atoms with Crippen LogP contribution in [-0.2, 0) is 4.74 Å². The summed E-state index contributed by atoms with van der Waals surface area (Å²) < 4.78 is 5.17. The Balaban J connectivity index is 0.00000484. The maximum Gasteiger partial charge on any atom is 0.407 e. The first-order valence-electron chi connectivity index (χ1n) is 7.93. The minimum Gasteiger partial charge on any atom is -0.444 e. The van der Waals surface area contributed by atoms with Gasteiger partial charge in [-0.05, 0) is 45.8 Å². The van der Waals surface area contributed by atoms with E-state index in [0.29, 0.717) is 11.8 Å². The molecule has 0 saturated carbocycles. The molecule has 0 spiro atoms. The van der Waals surface area contributed by atoms with Gasteiger partial charge in [0, 0.05) is 31.9 Å². The van der Waals surface area contributed by atoms with E-state index in [1.165, 1.54) is 18.6 Å². The van der Waals surface area contributed by atoms with Crippen LogP contribution in [0.4, 0.5) is 4.79 Å². The number of ether oxygens (including phenoxy) is 1. The molecular weight excluding hydrogens is 427 g/mol. The molecule has 1 heterocycles. The van der Waals surface area contributed by atoms with Crippen LogP contribution in [0, 0.1) is 0 Å². The molecule has 1 amide bonds. The molecule has 136 valence electrons. The molecule has 1 aliphatic heterocycles. The van der Waals surface area contributed by atoms with Gasteiger partial charge in [-0.3, -0.25) is 4.99 Å². The molecule has 0 radical (unpaired) electrons. The SMILES string of the molecule is CN=C(NCCCNC(=O)OC(C)(C)C)NCC1CCCS1.I. The minimum atomic E-state index is -0.452. The van der Waals surface area contributed by atoms with Gasteiger partial charge in [-0.25, -0.2) is 4.79 Å². The van der Waals surface area contributed by atoms with E-state index in [9.17, 15) is 4.79 Å². The van der Waals surface area contributed by atoms with Gasteiger partial charge in [-0.15, -0.1) is 24.0 Å². The largest absolute Gasteiger partial charge is 0.444 e. The average molecular weight is 458 g/mol. The Bertz CT molecular complexity index is 369. The van der Waals surface area contributed by atoms with E-state index in [0.717, 1.165) is 25.5 Å². The van der Waals surface area contributed by atoms with E-state index < -0.39 is 5.60 Å². The Kier molecular flexibility index (Phi) is 11.9. The topological polar surface area (TPSA) is 74.8 Å². The highest BCUT2D eigenvalue weighted by molar-refractivity contribution is 14.0. The second-order valence-corrected chi connectivity index (χ2v) is 7.71. The molecule has 1 fully saturated rings. The molecule has 0 aromatic heterocycles. The summed E-state index contributed by atoms with van der Waals surface area (Å²) in [6, 6.07) is 0. The zero-order chi connectivity index (χ0) is 16.4. The monoisotopic (exact) mass is 458 g/mol. The van der Waals surface area contributed by atoms with Crippen molar-refractivity contribution in [3.05, 3.63) is 0 Å². The van der Waals surface area contributed by atoms with Crippen LogP contribution in [0.2, 0.25) is 0 Å². The summed E-state index contributed by atoms with van der Waals surface area (Å²) in [7, 11) is 1.77. The predicted octanol–water partition coefficient (Wildman–Crippen LogP) is 2.58. The van der Waals surface area contributed by atoms with E-state index in [4.69, 9.17) is 4.74 Å². The summed E-state index contributed by atoms with van der Waals surface area (Å²) in [5, 5.41) is 10.0. The second-order valence-electron chi connectivity index (χ2n) is 6.30. The van der Waals surface area contributed by atoms with Crippen molar-refractivity contribution in [1.82, 2.24) is 16.0 Å². The summed E-state index contributed by atoms with van der Waals surface area (Å²) in [6.07, 6.45) is 3.06. The first kappa shape index (κ1) is 22.6. The van der Waals surface area contributed by atoms with Gasteiger partial charge in [0.2, 0.25) is 0 Å². The van der Waals surface area contributed by atoms with E-state index in [2.05, 4.69) is 20.9 Å². The third kappa shape index (κ3) is 11.7. The van der Waals surface area contributed by atoms with Crippen LogP contribution in [0.1, 0.15) is 40.0 Å². The number of nitrogens with one attached hydrogen (secondary N) is 3. The summed E-state index contributed by atoms with van der Waals surface area (Å²) in [6.45, 7) is 7.86. The summed E-state index contributed by atoms with van der Waals surface area (Å²) >= 11 is 2.03. The number of carbonyl (C=O) groups is 1. The van der Waals surface area contributed by atoms with Crippen molar-refractivity contribution in [3.8, 4) is 0 Å². The molecule has 1 aliphatic rings. The third-order valence-electron chi connectivity index (χ3n) is 3.06. The predicted molar refractivity (Wildman–Crippen MR) is 109 cm³/mol. The van der Waals surface area contributed by atoms with Gasteiger partial charge in [0.15, 0.2) is 5.96 Å². The Morgan fingerprint density at radius 2 is 1.96 bits per heavy atom. The van der Waals surface area contributed by atoms with Crippen molar-refractivity contribution in [2.24, 2.45) is 4.99 Å². The number of carbonyl (C=O) groups excluding carboxylic acids is 1. The lowest BCUT2D eigenvalue weighted by molar-refractivity contribution is 0.0527. The number of aliphatic imine (C=N–C) groups is 1. The maximum atomic E-state index is 11.5. The quantitative estimate of drug-likeness (QED) is 0.247. The van der Waals surface area contributed by atoms with Gasteiger partial charge in [-0.1, -0.05) is 0 Å². The van der Waals surface area contributed by atoms with Crippen molar-refractivity contribution >= 4 is 47.8 Å². The summed E-state index contributed by atoms with van der Waals surface area (Å²) in [4.78, 5) is 15.7. The molecular formula is C15H31IN4O2S. The lowest BCUT2D eigenvalue weighted by atomic mass is 10.2. The second kappa shape index (κ2) is 12.0. The van der Waals surface area contributed by atoms with Gasteiger partial charge in [0.05, 0.1) is 0 Å². The Morgan fingerprint density at radius 1 is 1.26 bits per heavy atom. The van der Waals surface area contributed by atoms with Crippen molar-refractivity contribution in [2.75, 3.05) is 32.4 Å². The van der Waals surface area contributed by atoms with E-state index in [-0.39, 0.29) is 30.1 Å². The van der Waals surface area contributed by atoms with Gasteiger partial charge in [-0.2, -0.15) is 11.8 Å². The Hall–Kier alpha value is -0.380. The maximum absolute atomic E-state index is 11.5. The molecule has 23 heavy (non-hydrogen) atoms. The number of guanidine groups is 1. The van der Waals surface area contributed by atoms with Crippen molar-refractivity contribution in [2.45, 2.75) is 50.9 Å². The van der Waals surface area contributed by atoms with Crippen LogP contribution in [0.5, 0.6) is 0 Å². The first-order valence-corrected chi connectivity index (χ1v) is 8.98. The number of hydrogen-bond acceptors (Lipinski definition) is 4. The van der Waals surface area contributed by atoms with Gasteiger partial charge < -0.3 is 20.7 Å². The number of nitrogens with zero attached hydrogens (tertiary/aromatic N) is 1. The molecule has 0 aromatic carbocycles. The van der Waals surface area contributed by atoms with E-state index in [1.807, 2.05) is 32.5 Å². The fraction of sp³-hybridized carbons (Fsp3) is 0.867. The molecule has 8 heteroatoms. The van der Waals surface area contributed by atoms with Gasteiger partial charge in [0.25, 0.3) is 0 Å². The van der Waals surface area contributed by atoms with Crippen LogP contribution in [0.3, 0.4) is 0 Å². The zero-order valence-corrected chi connectivity index (χ0v) is 17.8. The number of halogens is 1. The lowest BCUT2D eigenvalue weighted by Crippen LogP contribution is -2.41. The van der Waals surface area contributed by atoms with Crippen LogP contribution in [-0.4, -0.2) is 55.3 Å².